The minimum absolute atomic E-state index is 0.0707. The molecule has 8 nitrogen and oxygen atoms in total. The molecular formula is C19H19N3O5S. The third-order valence-corrected chi connectivity index (χ3v) is 6.98. The molecule has 28 heavy (non-hydrogen) atoms. The number of hydrogen-bond acceptors (Lipinski definition) is 4. The number of carboxylic acid groups (broad SMARTS) is 1. The predicted molar refractivity (Wildman–Crippen MR) is 103 cm³/mol. The number of imidazole rings is 1. The molecule has 1 aliphatic rings. The van der Waals surface area contributed by atoms with E-state index in [0.29, 0.717) is 24.0 Å². The number of nitrogens with zero attached hydrogens (tertiary/aromatic N) is 1. The van der Waals surface area contributed by atoms with Gasteiger partial charge < -0.3 is 15.1 Å². The number of fused-ring (bicyclic) bond motifs is 1. The summed E-state index contributed by atoms with van der Waals surface area (Å²) in [6.07, 6.45) is 1.48. The normalized spacial score (nSPS) is 18.4. The maximum atomic E-state index is 13.1. The molecule has 0 radical (unpaired) electrons. The molecule has 0 bridgehead atoms. The summed E-state index contributed by atoms with van der Waals surface area (Å²) >= 11 is 0. The number of nitrogens with one attached hydrogen (secondary N) is 2. The van der Waals surface area contributed by atoms with Crippen molar-refractivity contribution in [2.75, 3.05) is 13.1 Å². The van der Waals surface area contributed by atoms with Gasteiger partial charge in [0, 0.05) is 13.1 Å². The SMILES string of the molecule is O=C(O)c1cccc(C2CCCN(S(=O)(=O)c3ccc4[nH]c(=O)[nH]c4c3)C2)c1. The topological polar surface area (TPSA) is 123 Å². The maximum Gasteiger partial charge on any atom is 0.335 e. The first-order chi connectivity index (χ1) is 13.3. The molecule has 0 spiro atoms. The Labute approximate surface area is 160 Å². The quantitative estimate of drug-likeness (QED) is 0.618. The van der Waals surface area contributed by atoms with Gasteiger partial charge in [0.15, 0.2) is 0 Å². The molecule has 0 amide bonds. The molecule has 0 aliphatic carbocycles. The summed E-state index contributed by atoms with van der Waals surface area (Å²) in [6, 6.07) is 11.2. The van der Waals surface area contributed by atoms with E-state index < -0.39 is 16.0 Å². The highest BCUT2D eigenvalue weighted by atomic mass is 32.2. The Balaban J connectivity index is 1.63. The number of aromatic amines is 2. The van der Waals surface area contributed by atoms with Crippen molar-refractivity contribution in [3.05, 3.63) is 64.1 Å². The summed E-state index contributed by atoms with van der Waals surface area (Å²) in [6.45, 7) is 0.687. The van der Waals surface area contributed by atoms with Gasteiger partial charge in [-0.1, -0.05) is 12.1 Å². The fourth-order valence-electron chi connectivity index (χ4n) is 3.68. The fourth-order valence-corrected chi connectivity index (χ4v) is 5.23. The van der Waals surface area contributed by atoms with Crippen molar-refractivity contribution in [1.29, 1.82) is 0 Å². The van der Waals surface area contributed by atoms with E-state index in [2.05, 4.69) is 9.97 Å². The highest BCUT2D eigenvalue weighted by molar-refractivity contribution is 7.89. The standard InChI is InChI=1S/C19H19N3O5S/c23-18(24)13-4-1-3-12(9-13)14-5-2-8-22(11-14)28(26,27)15-6-7-16-17(10-15)21-19(25)20-16/h1,3-4,6-7,9-10,14H,2,5,8,11H2,(H,23,24)(H2,20,21,25). The smallest absolute Gasteiger partial charge is 0.335 e. The van der Waals surface area contributed by atoms with Crippen LogP contribution in [0.2, 0.25) is 0 Å². The lowest BCUT2D eigenvalue weighted by Gasteiger charge is -2.32. The number of carboxylic acids is 1. The third-order valence-electron chi connectivity index (χ3n) is 5.11. The molecule has 1 aliphatic heterocycles. The summed E-state index contributed by atoms with van der Waals surface area (Å²) in [5.41, 5.74) is 1.62. The molecule has 0 saturated carbocycles. The first-order valence-corrected chi connectivity index (χ1v) is 10.3. The molecule has 146 valence electrons. The Morgan fingerprint density at radius 3 is 2.68 bits per heavy atom. The lowest BCUT2D eigenvalue weighted by atomic mass is 9.91. The second-order valence-corrected chi connectivity index (χ2v) is 8.86. The number of sulfonamides is 1. The number of aromatic carboxylic acids is 1. The number of rotatable bonds is 4. The van der Waals surface area contributed by atoms with Crippen LogP contribution in [0.25, 0.3) is 11.0 Å². The zero-order valence-electron chi connectivity index (χ0n) is 14.9. The van der Waals surface area contributed by atoms with Crippen molar-refractivity contribution >= 4 is 27.0 Å². The number of H-pyrrole nitrogens is 2. The van der Waals surface area contributed by atoms with Crippen LogP contribution in [0.4, 0.5) is 0 Å². The number of benzene rings is 2. The summed E-state index contributed by atoms with van der Waals surface area (Å²) < 4.78 is 27.7. The Morgan fingerprint density at radius 2 is 1.89 bits per heavy atom. The third kappa shape index (κ3) is 3.34. The highest BCUT2D eigenvalue weighted by Gasteiger charge is 2.31. The van der Waals surface area contributed by atoms with Crippen LogP contribution < -0.4 is 5.69 Å². The van der Waals surface area contributed by atoms with Crippen LogP contribution in [0.1, 0.15) is 34.7 Å². The van der Waals surface area contributed by atoms with Crippen molar-refractivity contribution in [2.45, 2.75) is 23.7 Å². The zero-order chi connectivity index (χ0) is 19.9. The highest BCUT2D eigenvalue weighted by Crippen LogP contribution is 2.31. The molecule has 1 atom stereocenters. The van der Waals surface area contributed by atoms with Gasteiger partial charge in [-0.05, 0) is 54.7 Å². The number of hydrogen-bond donors (Lipinski definition) is 3. The van der Waals surface area contributed by atoms with Crippen LogP contribution in [0, 0.1) is 0 Å². The van der Waals surface area contributed by atoms with Gasteiger partial charge in [-0.25, -0.2) is 18.0 Å². The van der Waals surface area contributed by atoms with Gasteiger partial charge in [-0.15, -0.1) is 0 Å². The van der Waals surface area contributed by atoms with E-state index in [9.17, 15) is 23.1 Å². The second kappa shape index (κ2) is 6.92. The predicted octanol–water partition coefficient (Wildman–Crippen LogP) is 2.12. The maximum absolute atomic E-state index is 13.1. The van der Waals surface area contributed by atoms with Gasteiger partial charge in [0.25, 0.3) is 0 Å². The Hall–Kier alpha value is -2.91. The molecule has 4 rings (SSSR count). The van der Waals surface area contributed by atoms with Gasteiger partial charge >= 0.3 is 11.7 Å². The van der Waals surface area contributed by atoms with Crippen LogP contribution in [0.3, 0.4) is 0 Å². The van der Waals surface area contributed by atoms with Crippen molar-refractivity contribution in [3.8, 4) is 0 Å². The van der Waals surface area contributed by atoms with Gasteiger partial charge in [-0.3, -0.25) is 0 Å². The molecular weight excluding hydrogens is 382 g/mol. The number of piperidine rings is 1. The van der Waals surface area contributed by atoms with E-state index in [0.717, 1.165) is 12.0 Å². The van der Waals surface area contributed by atoms with Crippen LogP contribution in [0.5, 0.6) is 0 Å². The minimum atomic E-state index is -3.73. The molecule has 1 unspecified atom stereocenters. The Bertz CT molecular complexity index is 1210. The van der Waals surface area contributed by atoms with E-state index in [1.807, 2.05) is 6.07 Å². The van der Waals surface area contributed by atoms with Gasteiger partial charge in [0.05, 0.1) is 21.5 Å². The van der Waals surface area contributed by atoms with Gasteiger partial charge in [-0.2, -0.15) is 4.31 Å². The van der Waals surface area contributed by atoms with E-state index in [1.165, 1.54) is 22.5 Å². The van der Waals surface area contributed by atoms with Crippen LogP contribution >= 0.6 is 0 Å². The summed E-state index contributed by atoms with van der Waals surface area (Å²) in [4.78, 5) is 27.9. The van der Waals surface area contributed by atoms with Gasteiger partial charge in [0.1, 0.15) is 0 Å². The second-order valence-electron chi connectivity index (χ2n) is 6.92. The molecule has 9 heteroatoms. The van der Waals surface area contributed by atoms with E-state index >= 15 is 0 Å². The number of carbonyl (C=O) groups is 1. The average molecular weight is 401 g/mol. The van der Waals surface area contributed by atoms with Crippen molar-refractivity contribution in [3.63, 3.8) is 0 Å². The fraction of sp³-hybridized carbons (Fsp3) is 0.263. The lowest BCUT2D eigenvalue weighted by Crippen LogP contribution is -2.39. The van der Waals surface area contributed by atoms with Crippen molar-refractivity contribution < 1.29 is 18.3 Å². The van der Waals surface area contributed by atoms with E-state index in [-0.39, 0.29) is 28.6 Å². The zero-order valence-corrected chi connectivity index (χ0v) is 15.7. The van der Waals surface area contributed by atoms with E-state index in [1.54, 1.807) is 18.2 Å². The number of aromatic nitrogens is 2. The molecule has 1 saturated heterocycles. The lowest BCUT2D eigenvalue weighted by molar-refractivity contribution is 0.0696. The Morgan fingerprint density at radius 1 is 1.11 bits per heavy atom. The summed E-state index contributed by atoms with van der Waals surface area (Å²) in [7, 11) is -3.73. The molecule has 3 N–H and O–H groups in total. The summed E-state index contributed by atoms with van der Waals surface area (Å²) in [5.74, 6) is -1.07. The minimum Gasteiger partial charge on any atom is -0.478 e. The van der Waals surface area contributed by atoms with Crippen LogP contribution in [-0.2, 0) is 10.0 Å². The molecule has 1 aromatic heterocycles. The molecule has 2 aromatic carbocycles. The van der Waals surface area contributed by atoms with Crippen LogP contribution in [0.15, 0.2) is 52.2 Å². The largest absolute Gasteiger partial charge is 0.478 e. The summed E-state index contributed by atoms with van der Waals surface area (Å²) in [5, 5.41) is 9.19. The first-order valence-electron chi connectivity index (χ1n) is 8.90. The van der Waals surface area contributed by atoms with Crippen molar-refractivity contribution in [2.24, 2.45) is 0 Å². The van der Waals surface area contributed by atoms with E-state index in [4.69, 9.17) is 0 Å². The molecule has 3 aromatic rings. The monoisotopic (exact) mass is 401 g/mol. The molecule has 2 heterocycles. The van der Waals surface area contributed by atoms with Crippen LogP contribution in [-0.4, -0.2) is 46.9 Å². The van der Waals surface area contributed by atoms with Crippen molar-refractivity contribution in [1.82, 2.24) is 14.3 Å². The Kier molecular flexibility index (Phi) is 4.56. The molecule has 1 fully saturated rings. The first kappa shape index (κ1) is 18.5. The van der Waals surface area contributed by atoms with Gasteiger partial charge in [0.2, 0.25) is 10.0 Å². The average Bonchev–Trinajstić information content (AvgIpc) is 3.07.